The molecule has 9 heteroatoms. The first-order valence-corrected chi connectivity index (χ1v) is 7.68. The Morgan fingerprint density at radius 2 is 1.88 bits per heavy atom. The topological polar surface area (TPSA) is 77.5 Å². The van der Waals surface area contributed by atoms with E-state index in [1.54, 1.807) is 0 Å². The van der Waals surface area contributed by atoms with Crippen molar-refractivity contribution < 1.29 is 27.8 Å². The largest absolute Gasteiger partial charge is 0.493 e. The SMILES string of the molecule is COC(=O)c1nc(-c2c(F)cc(C)c(OC)c2F)cc(NC(C)=O)c1Cl. The van der Waals surface area contributed by atoms with Crippen LogP contribution in [-0.4, -0.2) is 31.1 Å². The van der Waals surface area contributed by atoms with Crippen LogP contribution in [0, 0.1) is 18.6 Å². The summed E-state index contributed by atoms with van der Waals surface area (Å²) in [4.78, 5) is 27.2. The van der Waals surface area contributed by atoms with Gasteiger partial charge >= 0.3 is 5.97 Å². The minimum atomic E-state index is -0.996. The Balaban J connectivity index is 2.82. The van der Waals surface area contributed by atoms with Gasteiger partial charge in [0.15, 0.2) is 17.3 Å². The van der Waals surface area contributed by atoms with E-state index in [1.807, 2.05) is 0 Å². The number of nitrogens with zero attached hydrogens (tertiary/aromatic N) is 1. The highest BCUT2D eigenvalue weighted by molar-refractivity contribution is 6.36. The second kappa shape index (κ2) is 7.65. The summed E-state index contributed by atoms with van der Waals surface area (Å²) in [5.74, 6) is -3.51. The van der Waals surface area contributed by atoms with Crippen molar-refractivity contribution in [1.29, 1.82) is 0 Å². The zero-order valence-corrected chi connectivity index (χ0v) is 15.1. The van der Waals surface area contributed by atoms with Gasteiger partial charge in [-0.15, -0.1) is 0 Å². The highest BCUT2D eigenvalue weighted by Crippen LogP contribution is 2.37. The number of hydrogen-bond donors (Lipinski definition) is 1. The van der Waals surface area contributed by atoms with E-state index in [0.717, 1.165) is 19.2 Å². The fourth-order valence-electron chi connectivity index (χ4n) is 2.37. The summed E-state index contributed by atoms with van der Waals surface area (Å²) in [5.41, 5.74) is -0.972. The first kappa shape index (κ1) is 19.6. The Bertz CT molecular complexity index is 903. The maximum absolute atomic E-state index is 14.7. The summed E-state index contributed by atoms with van der Waals surface area (Å²) in [6.07, 6.45) is 0. The van der Waals surface area contributed by atoms with Crippen molar-refractivity contribution in [1.82, 2.24) is 4.98 Å². The average molecular weight is 385 g/mol. The van der Waals surface area contributed by atoms with Gasteiger partial charge in [-0.25, -0.2) is 18.6 Å². The number of pyridine rings is 1. The second-order valence-electron chi connectivity index (χ2n) is 5.29. The van der Waals surface area contributed by atoms with Crippen molar-refractivity contribution >= 4 is 29.2 Å². The van der Waals surface area contributed by atoms with E-state index in [2.05, 4.69) is 15.0 Å². The molecule has 1 aromatic carbocycles. The molecule has 0 radical (unpaired) electrons. The Labute approximate surface area is 153 Å². The molecule has 1 N–H and O–H groups in total. The fraction of sp³-hybridized carbons (Fsp3) is 0.235. The minimum absolute atomic E-state index is 0.0390. The van der Waals surface area contributed by atoms with Gasteiger partial charge in [-0.1, -0.05) is 11.6 Å². The molecule has 26 heavy (non-hydrogen) atoms. The number of nitrogens with one attached hydrogen (secondary N) is 1. The third kappa shape index (κ3) is 3.60. The Morgan fingerprint density at radius 3 is 2.42 bits per heavy atom. The predicted octanol–water partition coefficient (Wildman–Crippen LogP) is 3.74. The molecule has 0 fully saturated rings. The molecule has 0 aliphatic heterocycles. The molecule has 2 rings (SSSR count). The quantitative estimate of drug-likeness (QED) is 0.812. The second-order valence-corrected chi connectivity index (χ2v) is 5.67. The predicted molar refractivity (Wildman–Crippen MR) is 91.5 cm³/mol. The molecular formula is C17H15ClF2N2O4. The maximum Gasteiger partial charge on any atom is 0.358 e. The van der Waals surface area contributed by atoms with Crippen molar-refractivity contribution in [2.45, 2.75) is 13.8 Å². The van der Waals surface area contributed by atoms with E-state index >= 15 is 0 Å². The van der Waals surface area contributed by atoms with Crippen LogP contribution in [0.25, 0.3) is 11.3 Å². The molecule has 0 spiro atoms. The van der Waals surface area contributed by atoms with Crippen molar-refractivity contribution in [3.63, 3.8) is 0 Å². The summed E-state index contributed by atoms with van der Waals surface area (Å²) in [6, 6.07) is 2.23. The third-order valence-electron chi connectivity index (χ3n) is 3.47. The third-order valence-corrected chi connectivity index (χ3v) is 3.85. The summed E-state index contributed by atoms with van der Waals surface area (Å²) >= 11 is 6.06. The minimum Gasteiger partial charge on any atom is -0.493 e. The fourth-order valence-corrected chi connectivity index (χ4v) is 2.60. The number of benzene rings is 1. The maximum atomic E-state index is 14.7. The van der Waals surface area contributed by atoms with Crippen LogP contribution in [0.4, 0.5) is 14.5 Å². The number of aryl methyl sites for hydroxylation is 1. The van der Waals surface area contributed by atoms with E-state index in [4.69, 9.17) is 16.3 Å². The van der Waals surface area contributed by atoms with Crippen LogP contribution in [0.3, 0.4) is 0 Å². The number of carbonyl (C=O) groups is 2. The van der Waals surface area contributed by atoms with E-state index in [1.165, 1.54) is 21.0 Å². The van der Waals surface area contributed by atoms with Crippen LogP contribution < -0.4 is 10.1 Å². The number of hydrogen-bond acceptors (Lipinski definition) is 5. The highest BCUT2D eigenvalue weighted by Gasteiger charge is 2.25. The molecular weight excluding hydrogens is 370 g/mol. The van der Waals surface area contributed by atoms with Gasteiger partial charge in [-0.2, -0.15) is 0 Å². The van der Waals surface area contributed by atoms with Gasteiger partial charge in [0.25, 0.3) is 0 Å². The number of esters is 1. The van der Waals surface area contributed by atoms with Crippen LogP contribution in [0.5, 0.6) is 5.75 Å². The van der Waals surface area contributed by atoms with E-state index < -0.39 is 34.8 Å². The highest BCUT2D eigenvalue weighted by atomic mass is 35.5. The van der Waals surface area contributed by atoms with Crippen LogP contribution in [0.2, 0.25) is 5.02 Å². The first-order valence-electron chi connectivity index (χ1n) is 7.30. The van der Waals surface area contributed by atoms with Gasteiger partial charge in [0, 0.05) is 6.92 Å². The Morgan fingerprint density at radius 1 is 1.23 bits per heavy atom. The average Bonchev–Trinajstić information content (AvgIpc) is 2.56. The lowest BCUT2D eigenvalue weighted by Crippen LogP contribution is -2.12. The summed E-state index contributed by atoms with van der Waals surface area (Å²) in [6.45, 7) is 2.69. The van der Waals surface area contributed by atoms with Gasteiger partial charge in [0.2, 0.25) is 5.91 Å². The standard InChI is InChI=1S/C17H15ClF2N2O4/c1-7-5-9(19)12(14(20)16(7)25-3)10-6-11(21-8(2)23)13(18)15(22-10)17(24)26-4/h5-6H,1-4H3,(H,21,22,23). The summed E-state index contributed by atoms with van der Waals surface area (Å²) in [5, 5.41) is 2.17. The van der Waals surface area contributed by atoms with Gasteiger partial charge in [0.1, 0.15) is 5.82 Å². The molecule has 1 amide bonds. The Kier molecular flexibility index (Phi) is 5.76. The van der Waals surface area contributed by atoms with Crippen molar-refractivity contribution in [2.24, 2.45) is 0 Å². The van der Waals surface area contributed by atoms with Crippen LogP contribution in [-0.2, 0) is 9.53 Å². The lowest BCUT2D eigenvalue weighted by molar-refractivity contribution is -0.114. The molecule has 6 nitrogen and oxygen atoms in total. The molecule has 138 valence electrons. The lowest BCUT2D eigenvalue weighted by Gasteiger charge is -2.14. The number of carbonyl (C=O) groups excluding carboxylic acids is 2. The number of aromatic nitrogens is 1. The van der Waals surface area contributed by atoms with Crippen LogP contribution in [0.1, 0.15) is 23.0 Å². The molecule has 0 aliphatic rings. The molecule has 0 saturated heterocycles. The lowest BCUT2D eigenvalue weighted by atomic mass is 10.0. The molecule has 0 atom stereocenters. The van der Waals surface area contributed by atoms with E-state index in [9.17, 15) is 18.4 Å². The van der Waals surface area contributed by atoms with E-state index in [-0.39, 0.29) is 27.7 Å². The first-order chi connectivity index (χ1) is 12.2. The smallest absolute Gasteiger partial charge is 0.358 e. The van der Waals surface area contributed by atoms with Crippen molar-refractivity contribution in [2.75, 3.05) is 19.5 Å². The van der Waals surface area contributed by atoms with Gasteiger partial charge in [0.05, 0.1) is 36.2 Å². The summed E-state index contributed by atoms with van der Waals surface area (Å²) < 4.78 is 38.7. The van der Waals surface area contributed by atoms with Gasteiger partial charge in [-0.3, -0.25) is 4.79 Å². The zero-order valence-electron chi connectivity index (χ0n) is 14.4. The molecule has 0 saturated carbocycles. The molecule has 0 bridgehead atoms. The Hall–Kier alpha value is -2.74. The van der Waals surface area contributed by atoms with Gasteiger partial charge in [-0.05, 0) is 24.6 Å². The molecule has 1 heterocycles. The molecule has 0 unspecified atom stereocenters. The van der Waals surface area contributed by atoms with Gasteiger partial charge < -0.3 is 14.8 Å². The monoisotopic (exact) mass is 384 g/mol. The number of ether oxygens (including phenoxy) is 2. The van der Waals surface area contributed by atoms with Crippen molar-refractivity contribution in [3.05, 3.63) is 40.0 Å². The number of anilines is 1. The number of rotatable bonds is 4. The number of methoxy groups -OCH3 is 2. The van der Waals surface area contributed by atoms with Crippen LogP contribution in [0.15, 0.2) is 12.1 Å². The summed E-state index contributed by atoms with van der Waals surface area (Å²) in [7, 11) is 2.34. The molecule has 0 aliphatic carbocycles. The van der Waals surface area contributed by atoms with Crippen molar-refractivity contribution in [3.8, 4) is 17.0 Å². The van der Waals surface area contributed by atoms with Crippen LogP contribution >= 0.6 is 11.6 Å². The molecule has 2 aromatic rings. The zero-order chi connectivity index (χ0) is 19.6. The molecule has 1 aromatic heterocycles. The number of amides is 1. The number of halogens is 3. The van der Waals surface area contributed by atoms with E-state index in [0.29, 0.717) is 0 Å². The normalized spacial score (nSPS) is 10.4.